The molecule has 1 heterocycles. The van der Waals surface area contributed by atoms with Crippen LogP contribution in [0.25, 0.3) is 0 Å². The summed E-state index contributed by atoms with van der Waals surface area (Å²) in [5, 5.41) is 0. The van der Waals surface area contributed by atoms with E-state index in [9.17, 15) is 0 Å². The molecule has 0 aliphatic carbocycles. The molecule has 3 nitrogen and oxygen atoms in total. The summed E-state index contributed by atoms with van der Waals surface area (Å²) in [6, 6.07) is 3.72. The Bertz CT molecular complexity index is 288. The van der Waals surface area contributed by atoms with E-state index >= 15 is 0 Å². The maximum Gasteiger partial charge on any atom is 0.128 e. The highest BCUT2D eigenvalue weighted by Crippen LogP contribution is 2.19. The molecule has 1 aromatic heterocycles. The van der Waals surface area contributed by atoms with Crippen molar-refractivity contribution in [3.8, 4) is 0 Å². The third kappa shape index (κ3) is 3.36. The number of pyridine rings is 1. The van der Waals surface area contributed by atoms with Gasteiger partial charge in [-0.1, -0.05) is 12.1 Å². The molecule has 0 unspecified atom stereocenters. The molecule has 0 aliphatic heterocycles. The Balaban J connectivity index is 0.00000169. The number of hydrogen-bond donors (Lipinski definition) is 2. The predicted octanol–water partition coefficient (Wildman–Crippen LogP) is 2.05. The van der Waals surface area contributed by atoms with Crippen LogP contribution in [0.4, 0.5) is 5.82 Å². The topological polar surface area (TPSA) is 64.9 Å². The number of anilines is 1. The van der Waals surface area contributed by atoms with Gasteiger partial charge in [0.2, 0.25) is 0 Å². The fourth-order valence-electron chi connectivity index (χ4n) is 1.20. The van der Waals surface area contributed by atoms with E-state index in [-0.39, 0.29) is 18.4 Å². The van der Waals surface area contributed by atoms with Gasteiger partial charge in [0.1, 0.15) is 5.82 Å². The Hall–Kier alpha value is -1.06. The minimum atomic E-state index is -0.0355. The van der Waals surface area contributed by atoms with Crippen molar-refractivity contribution in [3.05, 3.63) is 36.5 Å². The molecule has 0 radical (unpaired) electrons. The summed E-state index contributed by atoms with van der Waals surface area (Å²) in [6.07, 6.45) is 5.28. The zero-order valence-corrected chi connectivity index (χ0v) is 8.83. The molecule has 0 aliphatic rings. The lowest BCUT2D eigenvalue weighted by Crippen LogP contribution is -2.12. The molecule has 4 N–H and O–H groups in total. The molecule has 78 valence electrons. The largest absolute Gasteiger partial charge is 0.383 e. The van der Waals surface area contributed by atoms with Crippen LogP contribution in [0.5, 0.6) is 0 Å². The van der Waals surface area contributed by atoms with Crippen LogP contribution in [0.2, 0.25) is 0 Å². The number of rotatable bonds is 4. The summed E-state index contributed by atoms with van der Waals surface area (Å²) in [5.74, 6) is 0.527. The Morgan fingerprint density at radius 1 is 1.57 bits per heavy atom. The minimum absolute atomic E-state index is 0. The number of hydrogen-bond acceptors (Lipinski definition) is 3. The molecule has 14 heavy (non-hydrogen) atoms. The molecule has 0 amide bonds. The predicted molar refractivity (Wildman–Crippen MR) is 62.3 cm³/mol. The molecule has 4 heteroatoms. The highest BCUT2D eigenvalue weighted by Gasteiger charge is 2.08. The molecule has 1 rings (SSSR count). The van der Waals surface area contributed by atoms with Crippen molar-refractivity contribution in [2.75, 3.05) is 5.73 Å². The van der Waals surface area contributed by atoms with Crippen LogP contribution in [0.15, 0.2) is 31.0 Å². The van der Waals surface area contributed by atoms with E-state index in [2.05, 4.69) is 11.6 Å². The number of nitrogens with two attached hydrogens (primary N) is 2. The SMILES string of the molecule is C=CCC[C@H](N)c1cccnc1N.Cl. The molecule has 0 fully saturated rings. The second-order valence-electron chi connectivity index (χ2n) is 2.95. The van der Waals surface area contributed by atoms with Crippen molar-refractivity contribution >= 4 is 18.2 Å². The quantitative estimate of drug-likeness (QED) is 0.753. The molecule has 0 saturated carbocycles. The van der Waals surface area contributed by atoms with Gasteiger partial charge in [0.25, 0.3) is 0 Å². The van der Waals surface area contributed by atoms with Gasteiger partial charge >= 0.3 is 0 Å². The fourth-order valence-corrected chi connectivity index (χ4v) is 1.20. The van der Waals surface area contributed by atoms with Crippen LogP contribution < -0.4 is 11.5 Å². The number of nitrogens with zero attached hydrogens (tertiary/aromatic N) is 1. The Labute approximate surface area is 90.6 Å². The zero-order valence-electron chi connectivity index (χ0n) is 8.02. The zero-order chi connectivity index (χ0) is 9.68. The van der Waals surface area contributed by atoms with Gasteiger partial charge in [-0.15, -0.1) is 19.0 Å². The summed E-state index contributed by atoms with van der Waals surface area (Å²) in [4.78, 5) is 3.98. The number of allylic oxidation sites excluding steroid dienone is 1. The lowest BCUT2D eigenvalue weighted by atomic mass is 10.0. The van der Waals surface area contributed by atoms with Gasteiger partial charge in [0.05, 0.1) is 0 Å². The molecule has 0 spiro atoms. The molecule has 0 saturated heterocycles. The van der Waals surface area contributed by atoms with E-state index in [1.165, 1.54) is 0 Å². The van der Waals surface area contributed by atoms with Gasteiger partial charge in [0.15, 0.2) is 0 Å². The third-order valence-electron chi connectivity index (χ3n) is 1.95. The highest BCUT2D eigenvalue weighted by molar-refractivity contribution is 5.85. The number of aromatic nitrogens is 1. The first-order chi connectivity index (χ1) is 6.25. The van der Waals surface area contributed by atoms with E-state index in [1.54, 1.807) is 6.20 Å². The normalized spacial score (nSPS) is 11.5. The molecule has 0 bridgehead atoms. The van der Waals surface area contributed by atoms with Gasteiger partial charge in [-0.2, -0.15) is 0 Å². The first-order valence-corrected chi connectivity index (χ1v) is 4.32. The van der Waals surface area contributed by atoms with E-state index < -0.39 is 0 Å². The highest BCUT2D eigenvalue weighted by atomic mass is 35.5. The van der Waals surface area contributed by atoms with Crippen molar-refractivity contribution < 1.29 is 0 Å². The van der Waals surface area contributed by atoms with Crippen molar-refractivity contribution in [2.24, 2.45) is 5.73 Å². The Morgan fingerprint density at radius 3 is 2.86 bits per heavy atom. The lowest BCUT2D eigenvalue weighted by Gasteiger charge is -2.11. The summed E-state index contributed by atoms with van der Waals surface area (Å²) in [7, 11) is 0. The van der Waals surface area contributed by atoms with E-state index in [0.29, 0.717) is 5.82 Å². The van der Waals surface area contributed by atoms with Crippen molar-refractivity contribution in [1.29, 1.82) is 0 Å². The Morgan fingerprint density at radius 2 is 2.29 bits per heavy atom. The van der Waals surface area contributed by atoms with Crippen molar-refractivity contribution in [1.82, 2.24) is 4.98 Å². The number of nitrogen functional groups attached to an aromatic ring is 1. The van der Waals surface area contributed by atoms with E-state index in [4.69, 9.17) is 11.5 Å². The summed E-state index contributed by atoms with van der Waals surface area (Å²) in [5.41, 5.74) is 12.5. The first kappa shape index (κ1) is 12.9. The van der Waals surface area contributed by atoms with Gasteiger partial charge in [-0.3, -0.25) is 0 Å². The van der Waals surface area contributed by atoms with Crippen LogP contribution in [0.1, 0.15) is 24.4 Å². The van der Waals surface area contributed by atoms with Crippen LogP contribution in [-0.2, 0) is 0 Å². The standard InChI is InChI=1S/C10H15N3.ClH/c1-2-3-6-9(11)8-5-4-7-13-10(8)12;/h2,4-5,7,9H,1,3,6,11H2,(H2,12,13);1H/t9-;/m0./s1. The van der Waals surface area contributed by atoms with E-state index in [1.807, 2.05) is 18.2 Å². The second kappa shape index (κ2) is 6.40. The van der Waals surface area contributed by atoms with Gasteiger partial charge in [-0.25, -0.2) is 4.98 Å². The van der Waals surface area contributed by atoms with Gasteiger partial charge in [0, 0.05) is 17.8 Å². The molecule has 1 aromatic rings. The van der Waals surface area contributed by atoms with Crippen LogP contribution in [-0.4, -0.2) is 4.98 Å². The van der Waals surface area contributed by atoms with Crippen LogP contribution in [0.3, 0.4) is 0 Å². The fraction of sp³-hybridized carbons (Fsp3) is 0.300. The summed E-state index contributed by atoms with van der Waals surface area (Å²) >= 11 is 0. The minimum Gasteiger partial charge on any atom is -0.383 e. The molecular formula is C10H16ClN3. The van der Waals surface area contributed by atoms with Crippen molar-refractivity contribution in [2.45, 2.75) is 18.9 Å². The van der Waals surface area contributed by atoms with Gasteiger partial charge < -0.3 is 11.5 Å². The van der Waals surface area contributed by atoms with Crippen LogP contribution >= 0.6 is 12.4 Å². The van der Waals surface area contributed by atoms with E-state index in [0.717, 1.165) is 18.4 Å². The number of halogens is 1. The smallest absolute Gasteiger partial charge is 0.128 e. The summed E-state index contributed by atoms with van der Waals surface area (Å²) in [6.45, 7) is 3.65. The molecule has 1 atom stereocenters. The summed E-state index contributed by atoms with van der Waals surface area (Å²) < 4.78 is 0. The average Bonchev–Trinajstić information content (AvgIpc) is 2.15. The molecular weight excluding hydrogens is 198 g/mol. The van der Waals surface area contributed by atoms with Crippen molar-refractivity contribution in [3.63, 3.8) is 0 Å². The van der Waals surface area contributed by atoms with Crippen LogP contribution in [0, 0.1) is 0 Å². The monoisotopic (exact) mass is 213 g/mol. The maximum atomic E-state index is 5.91. The third-order valence-corrected chi connectivity index (χ3v) is 1.95. The Kier molecular flexibility index (Phi) is 5.92. The molecule has 0 aromatic carbocycles. The second-order valence-corrected chi connectivity index (χ2v) is 2.95. The van der Waals surface area contributed by atoms with Gasteiger partial charge in [-0.05, 0) is 18.9 Å². The maximum absolute atomic E-state index is 5.91. The average molecular weight is 214 g/mol. The first-order valence-electron chi connectivity index (χ1n) is 4.32. The lowest BCUT2D eigenvalue weighted by molar-refractivity contribution is 0.661.